The summed E-state index contributed by atoms with van der Waals surface area (Å²) in [5.41, 5.74) is 10.4. The van der Waals surface area contributed by atoms with Crippen LogP contribution in [0.3, 0.4) is 0 Å². The number of aromatic nitrogens is 1. The van der Waals surface area contributed by atoms with Crippen molar-refractivity contribution in [2.75, 3.05) is 6.54 Å². The van der Waals surface area contributed by atoms with Gasteiger partial charge in [-0.2, -0.15) is 0 Å². The first-order valence-corrected chi connectivity index (χ1v) is 11.6. The molecular weight excluding hydrogens is 474 g/mol. The molecule has 1 aromatic heterocycles. The fourth-order valence-electron chi connectivity index (χ4n) is 3.89. The van der Waals surface area contributed by atoms with E-state index in [1.165, 1.54) is 23.4 Å². The number of aliphatic imine (C=N–C) groups is 1. The van der Waals surface area contributed by atoms with Gasteiger partial charge in [-0.3, -0.25) is 29.5 Å². The van der Waals surface area contributed by atoms with Crippen LogP contribution in [0, 0.1) is 10.1 Å². The predicted octanol–water partition coefficient (Wildman–Crippen LogP) is 4.62. The number of aldehydes is 1. The zero-order valence-corrected chi connectivity index (χ0v) is 20.2. The number of rotatable bonds is 9. The number of non-ortho nitro benzene ring substituents is 1. The molecule has 1 aliphatic heterocycles. The number of carbonyl (C=O) groups excluding carboxylic acids is 2. The van der Waals surface area contributed by atoms with Crippen molar-refractivity contribution >= 4 is 35.5 Å². The zero-order chi connectivity index (χ0) is 26.4. The third kappa shape index (κ3) is 6.11. The van der Waals surface area contributed by atoms with Crippen LogP contribution < -0.4 is 5.73 Å². The predicted molar refractivity (Wildman–Crippen MR) is 139 cm³/mol. The number of nitro groups is 1. The number of nitro benzene ring substituents is 1. The van der Waals surface area contributed by atoms with Crippen molar-refractivity contribution in [3.63, 3.8) is 0 Å². The summed E-state index contributed by atoms with van der Waals surface area (Å²) in [5.74, 6) is -0.0874. The molecule has 1 aliphatic rings. The molecule has 3 aromatic rings. The molecule has 0 atom stereocenters. The largest absolute Gasteiger partial charge is 0.387 e. The molecule has 4 rings (SSSR count). The molecule has 0 aliphatic carbocycles. The van der Waals surface area contributed by atoms with Gasteiger partial charge in [0, 0.05) is 59.8 Å². The number of fused-ring (bicyclic) bond motifs is 1. The van der Waals surface area contributed by atoms with Gasteiger partial charge in [-0.15, -0.1) is 0 Å². The summed E-state index contributed by atoms with van der Waals surface area (Å²) in [6.07, 6.45) is 6.39. The molecule has 10 nitrogen and oxygen atoms in total. The minimum absolute atomic E-state index is 0.00188. The highest BCUT2D eigenvalue weighted by Crippen LogP contribution is 2.32. The molecule has 37 heavy (non-hydrogen) atoms. The van der Waals surface area contributed by atoms with Crippen LogP contribution in [-0.4, -0.2) is 39.5 Å². The molecule has 0 saturated carbocycles. The minimum Gasteiger partial charge on any atom is -0.387 e. The second-order valence-electron chi connectivity index (χ2n) is 8.46. The van der Waals surface area contributed by atoms with E-state index in [-0.39, 0.29) is 30.5 Å². The Morgan fingerprint density at radius 2 is 2.03 bits per heavy atom. The van der Waals surface area contributed by atoms with Crippen LogP contribution in [0.2, 0.25) is 0 Å². The molecule has 0 unspecified atom stereocenters. The van der Waals surface area contributed by atoms with Gasteiger partial charge >= 0.3 is 0 Å². The average molecular weight is 500 g/mol. The van der Waals surface area contributed by atoms with E-state index in [0.717, 1.165) is 17.4 Å². The fraction of sp³-hybridized carbons (Fsp3) is 0.185. The van der Waals surface area contributed by atoms with Crippen LogP contribution in [0.15, 0.2) is 71.5 Å². The Balaban J connectivity index is 1.58. The van der Waals surface area contributed by atoms with Gasteiger partial charge in [0.05, 0.1) is 10.6 Å². The Morgan fingerprint density at radius 1 is 1.19 bits per heavy atom. The highest BCUT2D eigenvalue weighted by Gasteiger charge is 2.23. The fourth-order valence-corrected chi connectivity index (χ4v) is 3.89. The van der Waals surface area contributed by atoms with Gasteiger partial charge < -0.3 is 5.73 Å². The van der Waals surface area contributed by atoms with Gasteiger partial charge in [-0.1, -0.05) is 31.2 Å². The summed E-state index contributed by atoms with van der Waals surface area (Å²) in [6.45, 7) is 2.24. The van der Waals surface area contributed by atoms with E-state index in [0.29, 0.717) is 40.9 Å². The molecule has 0 saturated heterocycles. The maximum Gasteiger partial charge on any atom is 0.273 e. The summed E-state index contributed by atoms with van der Waals surface area (Å²) in [5, 5.41) is 12.3. The van der Waals surface area contributed by atoms with Gasteiger partial charge in [-0.05, 0) is 35.8 Å². The number of amidine groups is 1. The maximum absolute atomic E-state index is 13.4. The van der Waals surface area contributed by atoms with E-state index in [4.69, 9.17) is 10.6 Å². The topological polar surface area (TPSA) is 141 Å². The summed E-state index contributed by atoms with van der Waals surface area (Å²) >= 11 is 0. The van der Waals surface area contributed by atoms with Crippen LogP contribution in [0.25, 0.3) is 17.2 Å². The van der Waals surface area contributed by atoms with Crippen LogP contribution in [-0.2, 0) is 16.2 Å². The number of benzene rings is 2. The number of pyridine rings is 1. The lowest BCUT2D eigenvalue weighted by Gasteiger charge is -2.22. The van der Waals surface area contributed by atoms with Crippen LogP contribution in [0.4, 0.5) is 11.4 Å². The standard InChI is InChI=1S/C27H25N5O5/c1-2-8-31(37-17-18-4-3-5-24(10-18)32(35)36)27(34)22-11-21-7-6-20(12-25(21)30-26(28)13-22)23-9-19(16-33)14-29-15-23/h3-7,9-12,14-16H,2,8,13,17H2,1H3,(H2,28,30). The van der Waals surface area contributed by atoms with E-state index in [1.807, 2.05) is 25.1 Å². The summed E-state index contributed by atoms with van der Waals surface area (Å²) < 4.78 is 0. The van der Waals surface area contributed by atoms with Gasteiger partial charge in [0.2, 0.25) is 0 Å². The first-order chi connectivity index (χ1) is 17.9. The Labute approximate surface area is 213 Å². The SMILES string of the molecule is CCCN(OCc1cccc([N+](=O)[O-])c1)C(=O)C1=Cc2ccc(-c3cncc(C=O)c3)cc2N=C(N)C1. The van der Waals surface area contributed by atoms with Crippen molar-refractivity contribution in [3.05, 3.63) is 93.3 Å². The smallest absolute Gasteiger partial charge is 0.273 e. The third-order valence-electron chi connectivity index (χ3n) is 5.66. The monoisotopic (exact) mass is 499 g/mol. The molecular formula is C27H25N5O5. The lowest BCUT2D eigenvalue weighted by atomic mass is 10.0. The highest BCUT2D eigenvalue weighted by atomic mass is 16.7. The van der Waals surface area contributed by atoms with Crippen molar-refractivity contribution in [2.24, 2.45) is 10.7 Å². The van der Waals surface area contributed by atoms with E-state index in [1.54, 1.807) is 30.5 Å². The minimum atomic E-state index is -0.477. The number of carbonyl (C=O) groups is 2. The number of nitrogens with two attached hydrogens (primary N) is 1. The molecule has 1 amide bonds. The van der Waals surface area contributed by atoms with Gasteiger partial charge in [0.1, 0.15) is 12.4 Å². The van der Waals surface area contributed by atoms with E-state index >= 15 is 0 Å². The van der Waals surface area contributed by atoms with Crippen LogP contribution >= 0.6 is 0 Å². The number of hydrogen-bond donors (Lipinski definition) is 1. The average Bonchev–Trinajstić information content (AvgIpc) is 3.08. The molecule has 188 valence electrons. The molecule has 0 bridgehead atoms. The van der Waals surface area contributed by atoms with Crippen molar-refractivity contribution < 1.29 is 19.3 Å². The Bertz CT molecular complexity index is 1420. The second-order valence-corrected chi connectivity index (χ2v) is 8.46. The molecule has 2 N–H and O–H groups in total. The van der Waals surface area contributed by atoms with Gasteiger partial charge in [-0.25, -0.2) is 10.1 Å². The van der Waals surface area contributed by atoms with Crippen LogP contribution in [0.5, 0.6) is 0 Å². The normalized spacial score (nSPS) is 12.6. The first kappa shape index (κ1) is 25.4. The Kier molecular flexibility index (Phi) is 7.80. The van der Waals surface area contributed by atoms with Gasteiger partial charge in [0.25, 0.3) is 11.6 Å². The number of hydroxylamine groups is 2. The van der Waals surface area contributed by atoms with E-state index in [9.17, 15) is 19.7 Å². The third-order valence-corrected chi connectivity index (χ3v) is 5.66. The molecule has 0 spiro atoms. The molecule has 10 heteroatoms. The highest BCUT2D eigenvalue weighted by molar-refractivity contribution is 6.05. The Hall–Kier alpha value is -4.70. The number of nitrogens with zero attached hydrogens (tertiary/aromatic N) is 4. The molecule has 2 heterocycles. The van der Waals surface area contributed by atoms with Crippen molar-refractivity contribution in [2.45, 2.75) is 26.4 Å². The lowest BCUT2D eigenvalue weighted by molar-refractivity contribution is -0.385. The maximum atomic E-state index is 13.4. The summed E-state index contributed by atoms with van der Waals surface area (Å²) in [6, 6.07) is 13.4. The van der Waals surface area contributed by atoms with E-state index in [2.05, 4.69) is 9.98 Å². The van der Waals surface area contributed by atoms with Gasteiger partial charge in [0.15, 0.2) is 6.29 Å². The number of amides is 1. The van der Waals surface area contributed by atoms with Crippen molar-refractivity contribution in [1.29, 1.82) is 0 Å². The van der Waals surface area contributed by atoms with Crippen molar-refractivity contribution in [1.82, 2.24) is 10.0 Å². The van der Waals surface area contributed by atoms with Crippen molar-refractivity contribution in [3.8, 4) is 11.1 Å². The van der Waals surface area contributed by atoms with Crippen LogP contribution in [0.1, 0.15) is 41.3 Å². The first-order valence-electron chi connectivity index (χ1n) is 11.6. The summed E-state index contributed by atoms with van der Waals surface area (Å²) in [7, 11) is 0. The molecule has 2 aromatic carbocycles. The summed E-state index contributed by atoms with van der Waals surface area (Å²) in [4.78, 5) is 49.5. The van der Waals surface area contributed by atoms with E-state index < -0.39 is 4.92 Å². The lowest BCUT2D eigenvalue weighted by Crippen LogP contribution is -2.34. The second kappa shape index (κ2) is 11.4. The quantitative estimate of drug-likeness (QED) is 0.257. The molecule has 0 radical (unpaired) electrons. The Morgan fingerprint density at radius 3 is 2.78 bits per heavy atom. The number of hydrogen-bond acceptors (Lipinski definition) is 8. The zero-order valence-electron chi connectivity index (χ0n) is 20.2. The molecule has 0 fully saturated rings.